The van der Waals surface area contributed by atoms with E-state index in [0.29, 0.717) is 18.1 Å². The number of rotatable bonds is 4. The Morgan fingerprint density at radius 3 is 2.08 bits per heavy atom. The van der Waals surface area contributed by atoms with Gasteiger partial charge in [-0.1, -0.05) is 25.8 Å². The Bertz CT molecular complexity index is 541. The lowest BCUT2D eigenvalue weighted by Gasteiger charge is -2.37. The van der Waals surface area contributed by atoms with E-state index in [2.05, 4.69) is 6.92 Å². The average Bonchev–Trinajstić information content (AvgIpc) is 2.60. The third-order valence-electron chi connectivity index (χ3n) is 6.33. The van der Waals surface area contributed by atoms with Crippen molar-refractivity contribution in [1.29, 1.82) is 0 Å². The zero-order valence-electron chi connectivity index (χ0n) is 15.0. The molecule has 0 N–H and O–H groups in total. The summed E-state index contributed by atoms with van der Waals surface area (Å²) in [6, 6.07) is 3.12. The van der Waals surface area contributed by atoms with Crippen LogP contribution in [0.4, 0.5) is 8.78 Å². The second-order valence-electron chi connectivity index (χ2n) is 8.12. The fourth-order valence-corrected chi connectivity index (χ4v) is 4.53. The maximum atomic E-state index is 13.9. The van der Waals surface area contributed by atoms with Gasteiger partial charge in [-0.3, -0.25) is 0 Å². The van der Waals surface area contributed by atoms with E-state index in [0.717, 1.165) is 30.6 Å². The molecule has 2 aliphatic carbocycles. The lowest BCUT2D eigenvalue weighted by Crippen LogP contribution is -2.27. The molecule has 1 nitrogen and oxygen atoms in total. The Balaban J connectivity index is 1.45. The second kappa shape index (κ2) is 7.84. The van der Waals surface area contributed by atoms with Crippen molar-refractivity contribution < 1.29 is 13.5 Å². The van der Waals surface area contributed by atoms with Gasteiger partial charge in [0.25, 0.3) is 0 Å². The molecule has 24 heavy (non-hydrogen) atoms. The van der Waals surface area contributed by atoms with Gasteiger partial charge in [0.1, 0.15) is 0 Å². The summed E-state index contributed by atoms with van der Waals surface area (Å²) < 4.78 is 33.0. The van der Waals surface area contributed by atoms with Crippen LogP contribution in [0.15, 0.2) is 12.1 Å². The fraction of sp³-hybridized carbons (Fsp3) is 0.714. The van der Waals surface area contributed by atoms with E-state index in [1.165, 1.54) is 38.5 Å². The van der Waals surface area contributed by atoms with Gasteiger partial charge in [-0.2, -0.15) is 4.39 Å². The van der Waals surface area contributed by atoms with Crippen LogP contribution in [-0.4, -0.2) is 6.61 Å². The van der Waals surface area contributed by atoms with Gasteiger partial charge in [0.05, 0.1) is 6.61 Å². The molecule has 134 valence electrons. The third kappa shape index (κ3) is 4.10. The zero-order valence-corrected chi connectivity index (χ0v) is 15.0. The van der Waals surface area contributed by atoms with Crippen molar-refractivity contribution in [2.45, 2.75) is 65.2 Å². The van der Waals surface area contributed by atoms with Crippen molar-refractivity contribution in [2.24, 2.45) is 23.7 Å². The molecule has 0 spiro atoms. The highest BCUT2D eigenvalue weighted by atomic mass is 19.2. The summed E-state index contributed by atoms with van der Waals surface area (Å²) in [5, 5.41) is 0. The van der Waals surface area contributed by atoms with Crippen LogP contribution in [0.2, 0.25) is 0 Å². The fourth-order valence-electron chi connectivity index (χ4n) is 4.53. The first-order valence-corrected chi connectivity index (χ1v) is 9.62. The molecule has 0 saturated heterocycles. The van der Waals surface area contributed by atoms with Gasteiger partial charge in [0.2, 0.25) is 5.82 Å². The van der Waals surface area contributed by atoms with Crippen molar-refractivity contribution in [3.8, 4) is 5.75 Å². The lowest BCUT2D eigenvalue weighted by molar-refractivity contribution is 0.124. The molecule has 0 aromatic heterocycles. The maximum absolute atomic E-state index is 13.9. The molecule has 0 heterocycles. The molecule has 0 radical (unpaired) electrons. The lowest BCUT2D eigenvalue weighted by atomic mass is 9.69. The number of hydrogen-bond donors (Lipinski definition) is 0. The van der Waals surface area contributed by atoms with E-state index in [-0.39, 0.29) is 5.75 Å². The van der Waals surface area contributed by atoms with Gasteiger partial charge in [0, 0.05) is 0 Å². The molecule has 0 bridgehead atoms. The van der Waals surface area contributed by atoms with Crippen molar-refractivity contribution >= 4 is 0 Å². The van der Waals surface area contributed by atoms with Crippen LogP contribution >= 0.6 is 0 Å². The summed E-state index contributed by atoms with van der Waals surface area (Å²) in [5.41, 5.74) is 0.321. The van der Waals surface area contributed by atoms with Crippen LogP contribution in [0.3, 0.4) is 0 Å². The van der Waals surface area contributed by atoms with Gasteiger partial charge in [0.15, 0.2) is 11.6 Å². The molecule has 0 unspecified atom stereocenters. The largest absolute Gasteiger partial charge is 0.490 e. The van der Waals surface area contributed by atoms with Crippen molar-refractivity contribution in [1.82, 2.24) is 0 Å². The monoisotopic (exact) mass is 336 g/mol. The summed E-state index contributed by atoms with van der Waals surface area (Å²) in [5.74, 6) is 1.61. The summed E-state index contributed by atoms with van der Waals surface area (Å²) in [6.45, 7) is 4.45. The Kier molecular flexibility index (Phi) is 5.78. The standard InChI is InChI=1S/C21H30F2O/c1-14-3-8-17(9-4-14)18-10-6-16(7-11-18)13-24-19-12-5-15(2)20(22)21(19)23/h5,12,14,16-18H,3-4,6-11,13H2,1-2H3. The van der Waals surface area contributed by atoms with E-state index in [4.69, 9.17) is 4.74 Å². The number of ether oxygens (including phenoxy) is 1. The van der Waals surface area contributed by atoms with Gasteiger partial charge in [-0.05, 0) is 80.8 Å². The smallest absolute Gasteiger partial charge is 0.200 e. The molecule has 3 rings (SSSR count). The maximum Gasteiger partial charge on any atom is 0.200 e. The molecule has 2 aliphatic rings. The normalized spacial score (nSPS) is 31.0. The number of benzene rings is 1. The average molecular weight is 336 g/mol. The topological polar surface area (TPSA) is 9.23 Å². The first-order valence-electron chi connectivity index (χ1n) is 9.62. The van der Waals surface area contributed by atoms with Gasteiger partial charge in [-0.15, -0.1) is 0 Å². The summed E-state index contributed by atoms with van der Waals surface area (Å²) in [6.07, 6.45) is 10.5. The van der Waals surface area contributed by atoms with Crippen molar-refractivity contribution in [2.75, 3.05) is 6.61 Å². The number of aryl methyl sites for hydroxylation is 1. The Hall–Kier alpha value is -1.12. The molecule has 0 amide bonds. The van der Waals surface area contributed by atoms with Gasteiger partial charge < -0.3 is 4.74 Å². The van der Waals surface area contributed by atoms with E-state index < -0.39 is 11.6 Å². The van der Waals surface area contributed by atoms with E-state index >= 15 is 0 Å². The summed E-state index contributed by atoms with van der Waals surface area (Å²) in [7, 11) is 0. The Labute approximate surface area is 144 Å². The van der Waals surface area contributed by atoms with E-state index in [1.807, 2.05) is 0 Å². The second-order valence-corrected chi connectivity index (χ2v) is 8.12. The van der Waals surface area contributed by atoms with Crippen molar-refractivity contribution in [3.05, 3.63) is 29.3 Å². The predicted octanol–water partition coefficient (Wildman–Crippen LogP) is 6.28. The first-order chi connectivity index (χ1) is 11.5. The number of hydrogen-bond acceptors (Lipinski definition) is 1. The molecule has 1 aromatic carbocycles. The minimum atomic E-state index is -0.847. The molecule has 3 heteroatoms. The molecular weight excluding hydrogens is 306 g/mol. The highest BCUT2D eigenvalue weighted by Gasteiger charge is 2.30. The van der Waals surface area contributed by atoms with Gasteiger partial charge in [-0.25, -0.2) is 4.39 Å². The minimum Gasteiger partial charge on any atom is -0.490 e. The summed E-state index contributed by atoms with van der Waals surface area (Å²) in [4.78, 5) is 0. The Morgan fingerprint density at radius 2 is 1.46 bits per heavy atom. The third-order valence-corrected chi connectivity index (χ3v) is 6.33. The highest BCUT2D eigenvalue weighted by molar-refractivity contribution is 5.30. The highest BCUT2D eigenvalue weighted by Crippen LogP contribution is 2.41. The van der Waals surface area contributed by atoms with E-state index in [1.54, 1.807) is 19.1 Å². The molecule has 0 aliphatic heterocycles. The molecular formula is C21H30F2O. The summed E-state index contributed by atoms with van der Waals surface area (Å²) >= 11 is 0. The van der Waals surface area contributed by atoms with Crippen LogP contribution in [0.5, 0.6) is 5.75 Å². The van der Waals surface area contributed by atoms with Crippen LogP contribution in [0, 0.1) is 42.2 Å². The van der Waals surface area contributed by atoms with Crippen LogP contribution < -0.4 is 4.74 Å². The first kappa shape index (κ1) is 17.7. The zero-order chi connectivity index (χ0) is 17.1. The molecule has 1 aromatic rings. The quantitative estimate of drug-likeness (QED) is 0.628. The minimum absolute atomic E-state index is 0.0569. The van der Waals surface area contributed by atoms with E-state index in [9.17, 15) is 8.78 Å². The SMILES string of the molecule is Cc1ccc(OCC2CCC(C3CCC(C)CC3)CC2)c(F)c1F. The molecule has 0 atom stereocenters. The number of halogens is 2. The molecule has 2 fully saturated rings. The predicted molar refractivity (Wildman–Crippen MR) is 93.2 cm³/mol. The van der Waals surface area contributed by atoms with Crippen LogP contribution in [0.1, 0.15) is 63.9 Å². The molecule has 2 saturated carbocycles. The van der Waals surface area contributed by atoms with Crippen LogP contribution in [0.25, 0.3) is 0 Å². The van der Waals surface area contributed by atoms with Gasteiger partial charge >= 0.3 is 0 Å². The van der Waals surface area contributed by atoms with Crippen molar-refractivity contribution in [3.63, 3.8) is 0 Å². The van der Waals surface area contributed by atoms with Crippen LogP contribution in [-0.2, 0) is 0 Å². The Morgan fingerprint density at radius 1 is 0.875 bits per heavy atom.